The predicted octanol–water partition coefficient (Wildman–Crippen LogP) is 3.57. The highest BCUT2D eigenvalue weighted by atomic mass is 32.1. The van der Waals surface area contributed by atoms with E-state index in [0.717, 1.165) is 21.4 Å². The fourth-order valence-electron chi connectivity index (χ4n) is 2.41. The molecule has 0 aliphatic rings. The van der Waals surface area contributed by atoms with Gasteiger partial charge in [0.1, 0.15) is 11.2 Å². The van der Waals surface area contributed by atoms with Gasteiger partial charge in [-0.15, -0.1) is 0 Å². The van der Waals surface area contributed by atoms with Crippen LogP contribution in [-0.2, 0) is 0 Å². The molecule has 2 aromatic heterocycles. The van der Waals surface area contributed by atoms with Gasteiger partial charge in [-0.25, -0.2) is 0 Å². The van der Waals surface area contributed by atoms with E-state index >= 15 is 0 Å². The molecule has 0 saturated heterocycles. The molecule has 5 heteroatoms. The smallest absolute Gasteiger partial charge is 0.244 e. The topological polar surface area (TPSA) is 70.7 Å². The molecular weight excluding hydrogens is 276 g/mol. The molecule has 0 atom stereocenters. The third kappa shape index (κ3) is 1.38. The van der Waals surface area contributed by atoms with Gasteiger partial charge in [0.25, 0.3) is 0 Å². The Morgan fingerprint density at radius 3 is 2.60 bits per heavy atom. The fraction of sp³-hybridized carbons (Fsp3) is 0. The van der Waals surface area contributed by atoms with Crippen LogP contribution in [0.5, 0.6) is 11.5 Å². The normalized spacial score (nSPS) is 11.6. The number of phenols is 2. The van der Waals surface area contributed by atoms with E-state index in [1.807, 2.05) is 24.3 Å². The standard InChI is InChI=1S/C15H8O4S/c16-9-5-8-11(6-10(9)17)19-14-7-3-1-2-4-12(7)20-15(18)13(8)14/h1-6,16-17H. The predicted molar refractivity (Wildman–Crippen MR) is 78.7 cm³/mol. The second-order valence-electron chi connectivity index (χ2n) is 4.53. The molecular formula is C15H8O4S. The molecule has 0 radical (unpaired) electrons. The molecule has 20 heavy (non-hydrogen) atoms. The Morgan fingerprint density at radius 1 is 1.00 bits per heavy atom. The summed E-state index contributed by atoms with van der Waals surface area (Å²) in [7, 11) is 0. The highest BCUT2D eigenvalue weighted by Crippen LogP contribution is 2.38. The van der Waals surface area contributed by atoms with Crippen LogP contribution in [0.3, 0.4) is 0 Å². The zero-order valence-electron chi connectivity index (χ0n) is 10.1. The largest absolute Gasteiger partial charge is 0.504 e. The Kier molecular flexibility index (Phi) is 2.11. The molecule has 98 valence electrons. The minimum Gasteiger partial charge on any atom is -0.504 e. The van der Waals surface area contributed by atoms with Crippen molar-refractivity contribution in [2.45, 2.75) is 0 Å². The van der Waals surface area contributed by atoms with E-state index in [2.05, 4.69) is 0 Å². The van der Waals surface area contributed by atoms with Gasteiger partial charge in [-0.2, -0.15) is 0 Å². The molecule has 2 heterocycles. The number of benzene rings is 2. The second kappa shape index (κ2) is 3.74. The summed E-state index contributed by atoms with van der Waals surface area (Å²) < 4.78 is 6.44. The van der Waals surface area contributed by atoms with Gasteiger partial charge in [-0.05, 0) is 18.2 Å². The average Bonchev–Trinajstić information content (AvgIpc) is 2.79. The van der Waals surface area contributed by atoms with Crippen LogP contribution in [0.1, 0.15) is 0 Å². The van der Waals surface area contributed by atoms with Gasteiger partial charge in [-0.3, -0.25) is 4.79 Å². The molecule has 4 rings (SSSR count). The van der Waals surface area contributed by atoms with Crippen molar-refractivity contribution in [1.29, 1.82) is 0 Å². The quantitative estimate of drug-likeness (QED) is 0.484. The van der Waals surface area contributed by atoms with E-state index in [-0.39, 0.29) is 16.2 Å². The summed E-state index contributed by atoms with van der Waals surface area (Å²) in [6, 6.07) is 10.2. The Morgan fingerprint density at radius 2 is 1.75 bits per heavy atom. The molecule has 0 aliphatic heterocycles. The lowest BCUT2D eigenvalue weighted by molar-refractivity contribution is 0.404. The molecule has 0 unspecified atom stereocenters. The summed E-state index contributed by atoms with van der Waals surface area (Å²) in [6.07, 6.45) is 0. The Hall–Kier alpha value is -2.53. The van der Waals surface area contributed by atoms with E-state index in [4.69, 9.17) is 4.42 Å². The molecule has 0 amide bonds. The summed E-state index contributed by atoms with van der Waals surface area (Å²) in [5.41, 5.74) is 0.875. The van der Waals surface area contributed by atoms with Crippen molar-refractivity contribution in [3.05, 3.63) is 45.9 Å². The van der Waals surface area contributed by atoms with Gasteiger partial charge in [0.15, 0.2) is 11.5 Å². The lowest BCUT2D eigenvalue weighted by atomic mass is 10.1. The van der Waals surface area contributed by atoms with Gasteiger partial charge in [0.05, 0.1) is 5.39 Å². The van der Waals surface area contributed by atoms with Crippen LogP contribution in [0.4, 0.5) is 0 Å². The number of rotatable bonds is 0. The maximum absolute atomic E-state index is 12.3. The van der Waals surface area contributed by atoms with Gasteiger partial charge in [0, 0.05) is 21.5 Å². The zero-order chi connectivity index (χ0) is 13.9. The Bertz CT molecular complexity index is 1040. The van der Waals surface area contributed by atoms with Crippen LogP contribution >= 0.6 is 11.3 Å². The first-order valence-electron chi connectivity index (χ1n) is 5.95. The molecule has 2 N–H and O–H groups in total. The maximum Gasteiger partial charge on any atom is 0.244 e. The monoisotopic (exact) mass is 284 g/mol. The van der Waals surface area contributed by atoms with Crippen LogP contribution < -0.4 is 4.74 Å². The minimum atomic E-state index is -0.267. The maximum atomic E-state index is 12.3. The van der Waals surface area contributed by atoms with Crippen LogP contribution in [0.15, 0.2) is 45.6 Å². The van der Waals surface area contributed by atoms with E-state index < -0.39 is 0 Å². The number of phenolic OH excluding ortho intramolecular Hbond substituents is 2. The number of fused-ring (bicyclic) bond motifs is 5. The molecule has 4 nitrogen and oxygen atoms in total. The summed E-state index contributed by atoms with van der Waals surface area (Å²) in [5.74, 6) is -0.533. The highest BCUT2D eigenvalue weighted by molar-refractivity contribution is 7.17. The molecule has 0 bridgehead atoms. The molecule has 0 aliphatic carbocycles. The summed E-state index contributed by atoms with van der Waals surface area (Å²) in [5, 5.41) is 21.0. The molecule has 2 aromatic carbocycles. The van der Waals surface area contributed by atoms with Gasteiger partial charge in [-0.1, -0.05) is 23.5 Å². The van der Waals surface area contributed by atoms with E-state index in [1.54, 1.807) is 0 Å². The van der Waals surface area contributed by atoms with E-state index in [1.165, 1.54) is 12.1 Å². The molecule has 4 aromatic rings. The van der Waals surface area contributed by atoms with Gasteiger partial charge in [0.2, 0.25) is 4.74 Å². The van der Waals surface area contributed by atoms with Crippen LogP contribution in [0, 0.1) is 0 Å². The highest BCUT2D eigenvalue weighted by Gasteiger charge is 2.16. The average molecular weight is 284 g/mol. The first kappa shape index (κ1) is 11.3. The summed E-state index contributed by atoms with van der Waals surface area (Å²) in [4.78, 5) is 12.3. The van der Waals surface area contributed by atoms with Crippen molar-refractivity contribution in [2.75, 3.05) is 0 Å². The van der Waals surface area contributed by atoms with E-state index in [9.17, 15) is 15.0 Å². The first-order valence-corrected chi connectivity index (χ1v) is 6.77. The van der Waals surface area contributed by atoms with Gasteiger partial charge >= 0.3 is 0 Å². The lowest BCUT2D eigenvalue weighted by Gasteiger charge is -1.96. The van der Waals surface area contributed by atoms with Crippen molar-refractivity contribution < 1.29 is 14.6 Å². The minimum absolute atomic E-state index is 0.123. The van der Waals surface area contributed by atoms with Crippen molar-refractivity contribution in [2.24, 2.45) is 0 Å². The van der Waals surface area contributed by atoms with Crippen LogP contribution in [0.25, 0.3) is 32.0 Å². The summed E-state index contributed by atoms with van der Waals surface area (Å²) >= 11 is 1.14. The number of hydrogen-bond acceptors (Lipinski definition) is 5. The summed E-state index contributed by atoms with van der Waals surface area (Å²) in [6.45, 7) is 0. The SMILES string of the molecule is O=c1sc2ccccc2c2oc3cc(O)c(O)cc3c12. The van der Waals surface area contributed by atoms with Crippen molar-refractivity contribution in [3.63, 3.8) is 0 Å². The molecule has 0 spiro atoms. The Labute approximate surface area is 116 Å². The first-order chi connectivity index (χ1) is 9.65. The number of hydrogen-bond donors (Lipinski definition) is 2. The van der Waals surface area contributed by atoms with Crippen molar-refractivity contribution in [3.8, 4) is 11.5 Å². The second-order valence-corrected chi connectivity index (χ2v) is 5.54. The third-order valence-corrected chi connectivity index (χ3v) is 4.29. The lowest BCUT2D eigenvalue weighted by Crippen LogP contribution is -1.93. The Balaban J connectivity index is 2.35. The molecule has 0 saturated carbocycles. The van der Waals surface area contributed by atoms with Crippen molar-refractivity contribution in [1.82, 2.24) is 0 Å². The zero-order valence-corrected chi connectivity index (χ0v) is 10.9. The van der Waals surface area contributed by atoms with Crippen molar-refractivity contribution >= 4 is 43.4 Å². The number of aromatic hydroxyl groups is 2. The third-order valence-electron chi connectivity index (χ3n) is 3.32. The number of furan rings is 1. The fourth-order valence-corrected chi connectivity index (χ4v) is 3.33. The van der Waals surface area contributed by atoms with Crippen LogP contribution in [-0.4, -0.2) is 10.2 Å². The van der Waals surface area contributed by atoms with E-state index in [0.29, 0.717) is 21.9 Å². The molecule has 0 fully saturated rings. The van der Waals surface area contributed by atoms with Crippen LogP contribution in [0.2, 0.25) is 0 Å². The van der Waals surface area contributed by atoms with Gasteiger partial charge < -0.3 is 14.6 Å².